The molecule has 36 heavy (non-hydrogen) atoms. The quantitative estimate of drug-likeness (QED) is 0.444. The Labute approximate surface area is 208 Å². The van der Waals surface area contributed by atoms with Crippen LogP contribution in [0.5, 0.6) is 0 Å². The highest BCUT2D eigenvalue weighted by molar-refractivity contribution is 6.04. The van der Waals surface area contributed by atoms with E-state index >= 15 is 0 Å². The van der Waals surface area contributed by atoms with E-state index in [0.717, 1.165) is 42.8 Å². The largest absolute Gasteiger partial charge is 0.336 e. The van der Waals surface area contributed by atoms with E-state index in [-0.39, 0.29) is 5.56 Å². The molecule has 2 aromatic heterocycles. The third-order valence-corrected chi connectivity index (χ3v) is 6.39. The monoisotopic (exact) mass is 486 g/mol. The molecule has 0 radical (unpaired) electrons. The lowest BCUT2D eigenvalue weighted by Crippen LogP contribution is -2.35. The lowest BCUT2D eigenvalue weighted by Gasteiger charge is -2.29. The molecule has 1 N–H and O–H groups in total. The van der Waals surface area contributed by atoms with E-state index in [1.807, 2.05) is 24.0 Å². The van der Waals surface area contributed by atoms with Crippen LogP contribution in [0.4, 0.5) is 10.2 Å². The number of nitrogens with one attached hydrogen (secondary N) is 1. The molecule has 4 heterocycles. The lowest BCUT2D eigenvalue weighted by atomic mass is 9.96. The summed E-state index contributed by atoms with van der Waals surface area (Å²) < 4.78 is 17.0. The number of nitrogens with zero attached hydrogens (tertiary/aromatic N) is 7. The first-order valence-corrected chi connectivity index (χ1v) is 12.0. The van der Waals surface area contributed by atoms with Gasteiger partial charge in [-0.1, -0.05) is 12.1 Å². The molecule has 3 aromatic rings. The SMILES string of the molecule is C=N/C(=N\C=C/C)N1CCc2cc(F)c(C(=O)Nc3cccc(-c4nnc5n4CCCC5)n3)cc2C1. The standard InChI is InChI=1S/C26H27FN8O/c1-3-11-29-26(28-2)34-13-10-17-15-20(27)19(14-18(17)16-34)25(36)31-22-8-6-7-21(30-22)24-33-32-23-9-4-5-12-35(23)24/h3,6-8,11,14-15H,2,4-5,9-10,12-13,16H2,1H3,(H,30,31,36)/b11-3-,29-26+. The number of pyridine rings is 1. The van der Waals surface area contributed by atoms with Crippen molar-refractivity contribution < 1.29 is 9.18 Å². The van der Waals surface area contributed by atoms with Gasteiger partial charge in [0.25, 0.3) is 5.91 Å². The van der Waals surface area contributed by atoms with Crippen LogP contribution in [-0.2, 0) is 25.9 Å². The van der Waals surface area contributed by atoms with Gasteiger partial charge in [-0.05, 0) is 68.3 Å². The number of guanidine groups is 1. The van der Waals surface area contributed by atoms with E-state index in [0.29, 0.717) is 42.8 Å². The van der Waals surface area contributed by atoms with Crippen LogP contribution in [0, 0.1) is 5.82 Å². The fourth-order valence-corrected chi connectivity index (χ4v) is 4.60. The zero-order valence-corrected chi connectivity index (χ0v) is 20.1. The number of hydrogen-bond donors (Lipinski definition) is 1. The highest BCUT2D eigenvalue weighted by Gasteiger charge is 2.23. The Kier molecular flexibility index (Phi) is 6.66. The van der Waals surface area contributed by atoms with Crippen molar-refractivity contribution in [2.24, 2.45) is 9.98 Å². The molecule has 184 valence electrons. The van der Waals surface area contributed by atoms with Gasteiger partial charge >= 0.3 is 0 Å². The zero-order chi connectivity index (χ0) is 25.1. The topological polar surface area (TPSA) is 101 Å². The van der Waals surface area contributed by atoms with Gasteiger partial charge in [0.1, 0.15) is 23.2 Å². The summed E-state index contributed by atoms with van der Waals surface area (Å²) in [5.74, 6) is 1.30. The molecule has 2 aliphatic heterocycles. The summed E-state index contributed by atoms with van der Waals surface area (Å²) in [6.45, 7) is 7.41. The number of carbonyl (C=O) groups excluding carboxylic acids is 1. The lowest BCUT2D eigenvalue weighted by molar-refractivity contribution is 0.102. The van der Waals surface area contributed by atoms with Crippen molar-refractivity contribution in [1.82, 2.24) is 24.6 Å². The van der Waals surface area contributed by atoms with Crippen molar-refractivity contribution in [2.75, 3.05) is 11.9 Å². The maximum absolute atomic E-state index is 14.9. The van der Waals surface area contributed by atoms with E-state index < -0.39 is 11.7 Å². The Morgan fingerprint density at radius 1 is 1.17 bits per heavy atom. The summed E-state index contributed by atoms with van der Waals surface area (Å²) in [6, 6.07) is 8.33. The van der Waals surface area contributed by atoms with Crippen LogP contribution in [0.25, 0.3) is 11.5 Å². The zero-order valence-electron chi connectivity index (χ0n) is 20.1. The summed E-state index contributed by atoms with van der Waals surface area (Å²) in [5, 5.41) is 11.3. The number of hydrogen-bond acceptors (Lipinski definition) is 5. The van der Waals surface area contributed by atoms with Crippen molar-refractivity contribution in [3.63, 3.8) is 0 Å². The number of carbonyl (C=O) groups is 1. The highest BCUT2D eigenvalue weighted by Crippen LogP contribution is 2.25. The van der Waals surface area contributed by atoms with Gasteiger partial charge in [0, 0.05) is 32.3 Å². The molecule has 5 rings (SSSR count). The third kappa shape index (κ3) is 4.66. The second-order valence-electron chi connectivity index (χ2n) is 8.75. The van der Waals surface area contributed by atoms with Crippen molar-refractivity contribution in [3.8, 4) is 11.5 Å². The first kappa shape index (κ1) is 23.5. The maximum Gasteiger partial charge on any atom is 0.259 e. The molecule has 9 nitrogen and oxygen atoms in total. The van der Waals surface area contributed by atoms with Gasteiger partial charge in [0.05, 0.1) is 5.56 Å². The van der Waals surface area contributed by atoms with E-state index in [2.05, 4.69) is 41.8 Å². The number of fused-ring (bicyclic) bond motifs is 2. The number of halogens is 1. The first-order chi connectivity index (χ1) is 17.6. The Morgan fingerprint density at radius 3 is 2.89 bits per heavy atom. The Bertz CT molecular complexity index is 1380. The van der Waals surface area contributed by atoms with Gasteiger partial charge in [-0.25, -0.2) is 19.4 Å². The average Bonchev–Trinajstić information content (AvgIpc) is 3.33. The Morgan fingerprint density at radius 2 is 2.06 bits per heavy atom. The van der Waals surface area contributed by atoms with Crippen LogP contribution in [0.15, 0.2) is 52.6 Å². The minimum absolute atomic E-state index is 0.0406. The molecular formula is C26H27FN8O. The number of aliphatic imine (C=N–C) groups is 2. The van der Waals surface area contributed by atoms with Gasteiger partial charge in [-0.2, -0.15) is 0 Å². The van der Waals surface area contributed by atoms with Crippen molar-refractivity contribution in [1.29, 1.82) is 0 Å². The van der Waals surface area contributed by atoms with Crippen molar-refractivity contribution in [2.45, 2.75) is 45.7 Å². The van der Waals surface area contributed by atoms with Crippen LogP contribution in [0.2, 0.25) is 0 Å². The molecule has 0 spiro atoms. The van der Waals surface area contributed by atoms with Gasteiger partial charge in [-0.3, -0.25) is 4.79 Å². The summed E-state index contributed by atoms with van der Waals surface area (Å²) in [5.41, 5.74) is 2.29. The summed E-state index contributed by atoms with van der Waals surface area (Å²) in [6.07, 6.45) is 7.13. The number of anilines is 1. The number of allylic oxidation sites excluding steroid dienone is 1. The second-order valence-corrected chi connectivity index (χ2v) is 8.75. The molecule has 0 aliphatic carbocycles. The van der Waals surface area contributed by atoms with E-state index in [1.165, 1.54) is 6.07 Å². The van der Waals surface area contributed by atoms with Gasteiger partial charge < -0.3 is 14.8 Å². The molecule has 0 atom stereocenters. The van der Waals surface area contributed by atoms with Crippen LogP contribution in [0.1, 0.15) is 47.1 Å². The van der Waals surface area contributed by atoms with Crippen LogP contribution in [-0.4, -0.2) is 49.8 Å². The minimum Gasteiger partial charge on any atom is -0.336 e. The van der Waals surface area contributed by atoms with Crippen LogP contribution < -0.4 is 5.32 Å². The molecule has 0 unspecified atom stereocenters. The molecule has 10 heteroatoms. The molecule has 1 aromatic carbocycles. The predicted molar refractivity (Wildman–Crippen MR) is 136 cm³/mol. The number of benzene rings is 1. The summed E-state index contributed by atoms with van der Waals surface area (Å²) in [4.78, 5) is 27.9. The molecule has 1 amide bonds. The fraction of sp³-hybridized carbons (Fsp3) is 0.308. The normalized spacial score (nSPS) is 15.5. The minimum atomic E-state index is -0.565. The first-order valence-electron chi connectivity index (χ1n) is 12.0. The Balaban J connectivity index is 1.37. The number of aromatic nitrogens is 4. The number of rotatable bonds is 4. The number of aryl methyl sites for hydroxylation is 1. The average molecular weight is 487 g/mol. The second kappa shape index (κ2) is 10.2. The molecule has 2 aliphatic rings. The fourth-order valence-electron chi connectivity index (χ4n) is 4.60. The third-order valence-electron chi connectivity index (χ3n) is 6.39. The predicted octanol–water partition coefficient (Wildman–Crippen LogP) is 4.02. The van der Waals surface area contributed by atoms with E-state index in [1.54, 1.807) is 24.4 Å². The number of amides is 1. The summed E-state index contributed by atoms with van der Waals surface area (Å²) >= 11 is 0. The molecule has 0 saturated heterocycles. The van der Waals surface area contributed by atoms with Gasteiger partial charge in [0.15, 0.2) is 5.82 Å². The van der Waals surface area contributed by atoms with Gasteiger partial charge in [0.2, 0.25) is 5.96 Å². The van der Waals surface area contributed by atoms with E-state index in [9.17, 15) is 9.18 Å². The Hall–Kier alpha value is -4.21. The van der Waals surface area contributed by atoms with Gasteiger partial charge in [-0.15, -0.1) is 10.2 Å². The van der Waals surface area contributed by atoms with Crippen molar-refractivity contribution in [3.05, 3.63) is 70.9 Å². The molecule has 0 saturated carbocycles. The molecule has 0 bridgehead atoms. The summed E-state index contributed by atoms with van der Waals surface area (Å²) in [7, 11) is 0. The molecular weight excluding hydrogens is 459 g/mol. The van der Waals surface area contributed by atoms with E-state index in [4.69, 9.17) is 0 Å². The highest BCUT2D eigenvalue weighted by atomic mass is 19.1. The van der Waals surface area contributed by atoms with Crippen LogP contribution in [0.3, 0.4) is 0 Å². The maximum atomic E-state index is 14.9. The van der Waals surface area contributed by atoms with Crippen LogP contribution >= 0.6 is 0 Å². The van der Waals surface area contributed by atoms with Crippen molar-refractivity contribution >= 4 is 24.4 Å². The smallest absolute Gasteiger partial charge is 0.259 e. The molecule has 0 fully saturated rings.